The van der Waals surface area contributed by atoms with Crippen LogP contribution in [0.25, 0.3) is 0 Å². The summed E-state index contributed by atoms with van der Waals surface area (Å²) in [7, 11) is 0. The fourth-order valence-electron chi connectivity index (χ4n) is 5.20. The van der Waals surface area contributed by atoms with E-state index in [1.807, 2.05) is 22.8 Å². The average molecular weight is 425 g/mol. The van der Waals surface area contributed by atoms with Crippen LogP contribution in [0.3, 0.4) is 0 Å². The van der Waals surface area contributed by atoms with Gasteiger partial charge in [0.2, 0.25) is 11.8 Å². The van der Waals surface area contributed by atoms with Crippen LogP contribution in [0.2, 0.25) is 0 Å². The Balaban J connectivity index is 1.41. The first-order chi connectivity index (χ1) is 14.8. The normalized spacial score (nSPS) is 27.4. The lowest BCUT2D eigenvalue weighted by atomic mass is 10.0. The standard InChI is InChI=1S/C22H27N5O4/c1-13(14-4-2-5-15(8-14)22(30)31)27-17-9-19(21(27)29)25(11-17)12-18(24)20(28)26-7-3-6-16(26)10-23/h2,4-5,8,13,16-19H,3,6-7,9,11-12,24H2,1H3,(H,30,31)/t13-,16+,17-,18+,19-/m1/s1. The summed E-state index contributed by atoms with van der Waals surface area (Å²) in [4.78, 5) is 42.5. The first-order valence-corrected chi connectivity index (χ1v) is 10.7. The topological polar surface area (TPSA) is 131 Å². The van der Waals surface area contributed by atoms with Crippen LogP contribution in [-0.4, -0.2) is 81.4 Å². The molecule has 9 nitrogen and oxygen atoms in total. The van der Waals surface area contributed by atoms with Crippen LogP contribution in [0.5, 0.6) is 0 Å². The van der Waals surface area contributed by atoms with Crippen LogP contribution in [0.15, 0.2) is 24.3 Å². The summed E-state index contributed by atoms with van der Waals surface area (Å²) in [5, 5.41) is 18.5. The molecule has 9 heteroatoms. The molecule has 2 amide bonds. The Morgan fingerprint density at radius 1 is 1.39 bits per heavy atom. The Bertz CT molecular complexity index is 944. The molecule has 164 valence electrons. The Morgan fingerprint density at radius 3 is 2.84 bits per heavy atom. The summed E-state index contributed by atoms with van der Waals surface area (Å²) in [6, 6.07) is 7.11. The molecule has 3 saturated heterocycles. The first kappa shape index (κ1) is 21.3. The molecule has 0 saturated carbocycles. The van der Waals surface area contributed by atoms with E-state index >= 15 is 0 Å². The summed E-state index contributed by atoms with van der Waals surface area (Å²) < 4.78 is 0. The van der Waals surface area contributed by atoms with Gasteiger partial charge in [-0.3, -0.25) is 14.5 Å². The first-order valence-electron chi connectivity index (χ1n) is 10.7. The van der Waals surface area contributed by atoms with Crippen molar-refractivity contribution in [3.63, 3.8) is 0 Å². The van der Waals surface area contributed by atoms with Gasteiger partial charge in [0.25, 0.3) is 0 Å². The highest BCUT2D eigenvalue weighted by molar-refractivity contribution is 5.88. The van der Waals surface area contributed by atoms with Crippen LogP contribution < -0.4 is 5.73 Å². The van der Waals surface area contributed by atoms with E-state index in [0.29, 0.717) is 25.9 Å². The van der Waals surface area contributed by atoms with Crippen molar-refractivity contribution in [3.05, 3.63) is 35.4 Å². The number of amides is 2. The van der Waals surface area contributed by atoms with Crippen LogP contribution in [0.4, 0.5) is 0 Å². The second kappa shape index (κ2) is 8.29. The lowest BCUT2D eigenvalue weighted by molar-refractivity contribution is -0.140. The molecule has 2 bridgehead atoms. The minimum atomic E-state index is -0.996. The largest absolute Gasteiger partial charge is 0.478 e. The number of carbonyl (C=O) groups is 3. The lowest BCUT2D eigenvalue weighted by Gasteiger charge is -2.38. The number of nitrogens with two attached hydrogens (primary N) is 1. The van der Waals surface area contributed by atoms with Crippen molar-refractivity contribution < 1.29 is 19.5 Å². The molecule has 3 aliphatic heterocycles. The van der Waals surface area contributed by atoms with Crippen LogP contribution in [0.1, 0.15) is 48.1 Å². The van der Waals surface area contributed by atoms with E-state index in [0.717, 1.165) is 12.0 Å². The van der Waals surface area contributed by atoms with Crippen molar-refractivity contribution >= 4 is 17.8 Å². The van der Waals surface area contributed by atoms with Gasteiger partial charge in [0, 0.05) is 25.7 Å². The molecule has 3 fully saturated rings. The number of carbonyl (C=O) groups excluding carboxylic acids is 2. The molecule has 0 radical (unpaired) electrons. The molecule has 0 spiro atoms. The Labute approximate surface area is 181 Å². The van der Waals surface area contributed by atoms with Crippen molar-refractivity contribution in [1.29, 1.82) is 5.26 Å². The van der Waals surface area contributed by atoms with Gasteiger partial charge in [-0.2, -0.15) is 5.26 Å². The van der Waals surface area contributed by atoms with Gasteiger partial charge in [-0.15, -0.1) is 0 Å². The molecular weight excluding hydrogens is 398 g/mol. The zero-order valence-electron chi connectivity index (χ0n) is 17.5. The molecule has 1 aromatic rings. The average Bonchev–Trinajstić information content (AvgIpc) is 3.47. The summed E-state index contributed by atoms with van der Waals surface area (Å²) in [6.07, 6.45) is 2.16. The molecule has 1 aromatic carbocycles. The fraction of sp³-hybridized carbons (Fsp3) is 0.545. The number of aromatic carboxylic acids is 1. The van der Waals surface area contributed by atoms with Crippen molar-refractivity contribution in [1.82, 2.24) is 14.7 Å². The number of rotatable bonds is 6. The van der Waals surface area contributed by atoms with E-state index in [9.17, 15) is 24.8 Å². The molecular formula is C22H27N5O4. The number of carboxylic acids is 1. The van der Waals surface area contributed by atoms with Gasteiger partial charge in [-0.1, -0.05) is 12.1 Å². The van der Waals surface area contributed by atoms with Crippen molar-refractivity contribution in [2.24, 2.45) is 5.73 Å². The Morgan fingerprint density at radius 2 is 2.16 bits per heavy atom. The third kappa shape index (κ3) is 3.77. The van der Waals surface area contributed by atoms with Crippen molar-refractivity contribution in [2.75, 3.05) is 19.6 Å². The molecule has 3 N–H and O–H groups in total. The smallest absolute Gasteiger partial charge is 0.335 e. The predicted octanol–water partition coefficient (Wildman–Crippen LogP) is 0.573. The highest BCUT2D eigenvalue weighted by atomic mass is 16.4. The fourth-order valence-corrected chi connectivity index (χ4v) is 5.20. The highest BCUT2D eigenvalue weighted by Gasteiger charge is 2.51. The van der Waals surface area contributed by atoms with Gasteiger partial charge in [0.15, 0.2) is 0 Å². The molecule has 0 aromatic heterocycles. The second-order valence-electron chi connectivity index (χ2n) is 8.64. The number of nitriles is 1. The zero-order chi connectivity index (χ0) is 22.3. The molecule has 0 unspecified atom stereocenters. The molecule has 5 atom stereocenters. The number of piperazine rings is 1. The number of fused-ring (bicyclic) bond motifs is 2. The highest BCUT2D eigenvalue weighted by Crippen LogP contribution is 2.38. The SMILES string of the molecule is C[C@H](c1cccc(C(=O)O)c1)N1C(=O)[C@H]2C[C@@H]1CN2C[C@H](N)C(=O)N1CCC[C@H]1C#N. The van der Waals surface area contributed by atoms with Gasteiger partial charge in [0.05, 0.1) is 29.8 Å². The Hall–Kier alpha value is -2.96. The maximum atomic E-state index is 13.1. The summed E-state index contributed by atoms with van der Waals surface area (Å²) in [5.41, 5.74) is 7.17. The predicted molar refractivity (Wildman–Crippen MR) is 111 cm³/mol. The van der Waals surface area contributed by atoms with Crippen LogP contribution in [0, 0.1) is 11.3 Å². The monoisotopic (exact) mass is 425 g/mol. The quantitative estimate of drug-likeness (QED) is 0.681. The molecule has 3 aliphatic rings. The summed E-state index contributed by atoms with van der Waals surface area (Å²) in [5.74, 6) is -1.24. The summed E-state index contributed by atoms with van der Waals surface area (Å²) in [6.45, 7) is 3.38. The second-order valence-corrected chi connectivity index (χ2v) is 8.64. The van der Waals surface area contributed by atoms with Crippen molar-refractivity contribution in [3.8, 4) is 6.07 Å². The number of nitrogens with zero attached hydrogens (tertiary/aromatic N) is 4. The molecule has 3 heterocycles. The zero-order valence-corrected chi connectivity index (χ0v) is 17.5. The van der Waals surface area contributed by atoms with Gasteiger partial charge >= 0.3 is 5.97 Å². The minimum Gasteiger partial charge on any atom is -0.478 e. The number of hydrogen-bond acceptors (Lipinski definition) is 6. The van der Waals surface area contributed by atoms with Crippen LogP contribution >= 0.6 is 0 Å². The van der Waals surface area contributed by atoms with E-state index in [4.69, 9.17) is 5.73 Å². The van der Waals surface area contributed by atoms with Gasteiger partial charge < -0.3 is 20.6 Å². The maximum absolute atomic E-state index is 13.1. The van der Waals surface area contributed by atoms with E-state index in [2.05, 4.69) is 6.07 Å². The van der Waals surface area contributed by atoms with E-state index in [-0.39, 0.29) is 42.0 Å². The molecule has 31 heavy (non-hydrogen) atoms. The van der Waals surface area contributed by atoms with Crippen LogP contribution in [-0.2, 0) is 9.59 Å². The summed E-state index contributed by atoms with van der Waals surface area (Å²) >= 11 is 0. The van der Waals surface area contributed by atoms with E-state index in [1.165, 1.54) is 6.07 Å². The maximum Gasteiger partial charge on any atom is 0.335 e. The van der Waals surface area contributed by atoms with Gasteiger partial charge in [-0.05, 0) is 43.9 Å². The van der Waals surface area contributed by atoms with Gasteiger partial charge in [-0.25, -0.2) is 4.79 Å². The number of hydrogen-bond donors (Lipinski definition) is 2. The third-order valence-electron chi connectivity index (χ3n) is 6.78. The number of benzene rings is 1. The van der Waals surface area contributed by atoms with Gasteiger partial charge in [0.1, 0.15) is 6.04 Å². The number of likely N-dealkylation sites (tertiary alicyclic amines) is 3. The Kier molecular flexibility index (Phi) is 5.69. The molecule has 4 rings (SSSR count). The lowest BCUT2D eigenvalue weighted by Crippen LogP contribution is -2.56. The van der Waals surface area contributed by atoms with E-state index < -0.39 is 18.1 Å². The minimum absolute atomic E-state index is 0.00179. The third-order valence-corrected chi connectivity index (χ3v) is 6.78. The number of carboxylic acid groups (broad SMARTS) is 1. The molecule has 0 aliphatic carbocycles. The van der Waals surface area contributed by atoms with Crippen molar-refractivity contribution in [2.45, 2.75) is 56.4 Å². The van der Waals surface area contributed by atoms with E-state index in [1.54, 1.807) is 17.0 Å².